The van der Waals surface area contributed by atoms with Crippen LogP contribution >= 0.6 is 12.2 Å². The number of aryl methyl sites for hydroxylation is 2. The normalized spacial score (nSPS) is 15.2. The van der Waals surface area contributed by atoms with Gasteiger partial charge in [-0.3, -0.25) is 0 Å². The SMILES string of the molecule is Cc1nc2ccc(OC(=S)N3CCCCC3)cc2nc1C. The Labute approximate surface area is 130 Å². The third kappa shape index (κ3) is 3.13. The van der Waals surface area contributed by atoms with E-state index in [-0.39, 0.29) is 0 Å². The van der Waals surface area contributed by atoms with E-state index in [1.807, 2.05) is 32.0 Å². The molecule has 1 aliphatic rings. The molecule has 0 saturated carbocycles. The Kier molecular flexibility index (Phi) is 4.01. The van der Waals surface area contributed by atoms with Gasteiger partial charge in [0.1, 0.15) is 5.75 Å². The van der Waals surface area contributed by atoms with E-state index in [0.717, 1.165) is 41.3 Å². The van der Waals surface area contributed by atoms with Crippen LogP contribution in [-0.2, 0) is 0 Å². The van der Waals surface area contributed by atoms with E-state index in [1.54, 1.807) is 0 Å². The number of nitrogens with zero attached hydrogens (tertiary/aromatic N) is 3. The van der Waals surface area contributed by atoms with Gasteiger partial charge in [-0.1, -0.05) is 0 Å². The van der Waals surface area contributed by atoms with Gasteiger partial charge in [0.05, 0.1) is 22.4 Å². The Morgan fingerprint density at radius 1 is 1.05 bits per heavy atom. The minimum atomic E-state index is 0.561. The highest BCUT2D eigenvalue weighted by Crippen LogP contribution is 2.20. The van der Waals surface area contributed by atoms with Crippen LogP contribution in [0.2, 0.25) is 0 Å². The lowest BCUT2D eigenvalue weighted by Gasteiger charge is -2.28. The number of aromatic nitrogens is 2. The highest BCUT2D eigenvalue weighted by molar-refractivity contribution is 7.80. The molecule has 5 heteroatoms. The molecule has 0 amide bonds. The summed E-state index contributed by atoms with van der Waals surface area (Å²) in [5.41, 5.74) is 3.63. The number of hydrogen-bond donors (Lipinski definition) is 0. The molecule has 0 spiro atoms. The molecule has 4 nitrogen and oxygen atoms in total. The zero-order valence-corrected chi connectivity index (χ0v) is 13.2. The van der Waals surface area contributed by atoms with E-state index in [9.17, 15) is 0 Å². The van der Waals surface area contributed by atoms with Crippen molar-refractivity contribution in [1.82, 2.24) is 14.9 Å². The fraction of sp³-hybridized carbons (Fsp3) is 0.438. The van der Waals surface area contributed by atoms with Gasteiger partial charge in [0.2, 0.25) is 0 Å². The number of ether oxygens (including phenoxy) is 1. The number of piperidine rings is 1. The fourth-order valence-corrected chi connectivity index (χ4v) is 2.79. The van der Waals surface area contributed by atoms with E-state index >= 15 is 0 Å². The molecule has 1 fully saturated rings. The van der Waals surface area contributed by atoms with Crippen molar-refractivity contribution in [2.24, 2.45) is 0 Å². The fourth-order valence-electron chi connectivity index (χ4n) is 2.52. The smallest absolute Gasteiger partial charge is 0.264 e. The number of fused-ring (bicyclic) bond motifs is 1. The van der Waals surface area contributed by atoms with Crippen molar-refractivity contribution < 1.29 is 4.74 Å². The van der Waals surface area contributed by atoms with E-state index in [1.165, 1.54) is 19.3 Å². The lowest BCUT2D eigenvalue weighted by Crippen LogP contribution is -2.37. The van der Waals surface area contributed by atoms with Crippen molar-refractivity contribution in [1.29, 1.82) is 0 Å². The topological polar surface area (TPSA) is 38.2 Å². The molecule has 2 aromatic rings. The van der Waals surface area contributed by atoms with Crippen molar-refractivity contribution in [2.45, 2.75) is 33.1 Å². The first-order valence-electron chi connectivity index (χ1n) is 7.35. The predicted octanol–water partition coefficient (Wildman–Crippen LogP) is 3.40. The van der Waals surface area contributed by atoms with Crippen LogP contribution in [0.3, 0.4) is 0 Å². The van der Waals surface area contributed by atoms with Crippen LogP contribution in [0.25, 0.3) is 11.0 Å². The Bertz CT molecular complexity index is 681. The first-order chi connectivity index (χ1) is 10.1. The molecule has 1 aliphatic heterocycles. The van der Waals surface area contributed by atoms with E-state index in [0.29, 0.717) is 5.17 Å². The van der Waals surface area contributed by atoms with E-state index in [2.05, 4.69) is 14.9 Å². The molecule has 0 atom stereocenters. The lowest BCUT2D eigenvalue weighted by molar-refractivity contribution is 0.300. The van der Waals surface area contributed by atoms with Crippen LogP contribution in [0.15, 0.2) is 18.2 Å². The van der Waals surface area contributed by atoms with Crippen LogP contribution in [0.1, 0.15) is 30.7 Å². The van der Waals surface area contributed by atoms with Gasteiger partial charge in [-0.05, 0) is 57.5 Å². The maximum Gasteiger partial charge on any atom is 0.264 e. The second kappa shape index (κ2) is 5.93. The van der Waals surface area contributed by atoms with Gasteiger partial charge in [0.15, 0.2) is 0 Å². The van der Waals surface area contributed by atoms with Gasteiger partial charge >= 0.3 is 0 Å². The molecule has 21 heavy (non-hydrogen) atoms. The minimum absolute atomic E-state index is 0.561. The second-order valence-electron chi connectivity index (χ2n) is 5.46. The first-order valence-corrected chi connectivity index (χ1v) is 7.76. The molecule has 0 bridgehead atoms. The summed E-state index contributed by atoms with van der Waals surface area (Å²) in [4.78, 5) is 11.2. The summed E-state index contributed by atoms with van der Waals surface area (Å²) in [7, 11) is 0. The monoisotopic (exact) mass is 301 g/mol. The third-order valence-corrected chi connectivity index (χ3v) is 4.21. The van der Waals surface area contributed by atoms with Crippen LogP contribution in [0.5, 0.6) is 5.75 Å². The molecule has 0 N–H and O–H groups in total. The maximum atomic E-state index is 5.82. The number of benzene rings is 1. The zero-order valence-electron chi connectivity index (χ0n) is 12.4. The van der Waals surface area contributed by atoms with Gasteiger partial charge in [-0.25, -0.2) is 9.97 Å². The largest absolute Gasteiger partial charge is 0.432 e. The Morgan fingerprint density at radius 3 is 2.43 bits per heavy atom. The summed E-state index contributed by atoms with van der Waals surface area (Å²) in [6.07, 6.45) is 3.65. The molecule has 0 aliphatic carbocycles. The van der Waals surface area contributed by atoms with Gasteiger partial charge in [0, 0.05) is 19.2 Å². The van der Waals surface area contributed by atoms with E-state index < -0.39 is 0 Å². The summed E-state index contributed by atoms with van der Waals surface area (Å²) in [6.45, 7) is 5.92. The average Bonchev–Trinajstić information content (AvgIpc) is 2.49. The van der Waals surface area contributed by atoms with Crippen molar-refractivity contribution in [3.8, 4) is 5.75 Å². The van der Waals surface area contributed by atoms with Crippen LogP contribution < -0.4 is 4.74 Å². The molecule has 3 rings (SSSR count). The molecule has 1 aromatic heterocycles. The molecule has 2 heterocycles. The molecule has 0 radical (unpaired) electrons. The van der Waals surface area contributed by atoms with Gasteiger partial charge in [0.25, 0.3) is 5.17 Å². The Balaban J connectivity index is 1.80. The molecule has 0 unspecified atom stereocenters. The molecule has 1 aromatic carbocycles. The van der Waals surface area contributed by atoms with Crippen molar-refractivity contribution in [3.63, 3.8) is 0 Å². The number of rotatable bonds is 1. The average molecular weight is 301 g/mol. The van der Waals surface area contributed by atoms with Crippen molar-refractivity contribution in [3.05, 3.63) is 29.6 Å². The third-order valence-electron chi connectivity index (χ3n) is 3.87. The minimum Gasteiger partial charge on any atom is -0.432 e. The summed E-state index contributed by atoms with van der Waals surface area (Å²) >= 11 is 5.39. The Morgan fingerprint density at radius 2 is 1.71 bits per heavy atom. The molecule has 110 valence electrons. The lowest BCUT2D eigenvalue weighted by atomic mass is 10.1. The molecular formula is C16H19N3OS. The van der Waals surface area contributed by atoms with Gasteiger partial charge < -0.3 is 9.64 Å². The van der Waals surface area contributed by atoms with Gasteiger partial charge in [-0.15, -0.1) is 0 Å². The summed E-state index contributed by atoms with van der Waals surface area (Å²) in [5, 5.41) is 0.561. The summed E-state index contributed by atoms with van der Waals surface area (Å²) in [5.74, 6) is 0.732. The van der Waals surface area contributed by atoms with E-state index in [4.69, 9.17) is 17.0 Å². The number of thiocarbonyl (C=S) groups is 1. The molecular weight excluding hydrogens is 282 g/mol. The van der Waals surface area contributed by atoms with Crippen LogP contribution in [-0.4, -0.2) is 33.1 Å². The Hall–Kier alpha value is -1.75. The summed E-state index contributed by atoms with van der Waals surface area (Å²) < 4.78 is 5.82. The van der Waals surface area contributed by atoms with Crippen LogP contribution in [0, 0.1) is 13.8 Å². The summed E-state index contributed by atoms with van der Waals surface area (Å²) in [6, 6.07) is 5.75. The highest BCUT2D eigenvalue weighted by Gasteiger charge is 2.15. The predicted molar refractivity (Wildman–Crippen MR) is 87.7 cm³/mol. The van der Waals surface area contributed by atoms with Crippen molar-refractivity contribution in [2.75, 3.05) is 13.1 Å². The quantitative estimate of drug-likeness (QED) is 0.755. The highest BCUT2D eigenvalue weighted by atomic mass is 32.1. The van der Waals surface area contributed by atoms with Crippen LogP contribution in [0.4, 0.5) is 0 Å². The number of likely N-dealkylation sites (tertiary alicyclic amines) is 1. The maximum absolute atomic E-state index is 5.82. The second-order valence-corrected chi connectivity index (χ2v) is 5.81. The zero-order chi connectivity index (χ0) is 14.8. The van der Waals surface area contributed by atoms with Gasteiger partial charge in [-0.2, -0.15) is 0 Å². The van der Waals surface area contributed by atoms with Crippen molar-refractivity contribution >= 4 is 28.4 Å². The molecule has 1 saturated heterocycles. The number of hydrogen-bond acceptors (Lipinski definition) is 4. The first kappa shape index (κ1) is 14.2. The standard InChI is InChI=1S/C16H19N3OS/c1-11-12(2)18-15-10-13(6-7-14(15)17-11)20-16(21)19-8-4-3-5-9-19/h6-7,10H,3-5,8-9H2,1-2H3.